The molecular formula is C58H45N. The van der Waals surface area contributed by atoms with Gasteiger partial charge in [0, 0.05) is 27.9 Å². The summed E-state index contributed by atoms with van der Waals surface area (Å²) in [5.41, 5.74) is 19.9. The number of rotatable bonds is 5. The second-order valence-electron chi connectivity index (χ2n) is 17.6. The molecule has 1 fully saturated rings. The number of benzene rings is 9. The van der Waals surface area contributed by atoms with Crippen molar-refractivity contribution in [2.24, 2.45) is 0 Å². The van der Waals surface area contributed by atoms with E-state index in [2.05, 4.69) is 207 Å². The molecule has 0 aliphatic heterocycles. The summed E-state index contributed by atoms with van der Waals surface area (Å²) in [7, 11) is 0. The fraction of sp³-hybridized carbons (Fsp3) is 0.138. The molecule has 9 aromatic carbocycles. The number of nitrogens with zero attached hydrogens (tertiary/aromatic N) is 1. The summed E-state index contributed by atoms with van der Waals surface area (Å²) in [4.78, 5) is 2.49. The van der Waals surface area contributed by atoms with Crippen LogP contribution in [0, 0.1) is 0 Å². The summed E-state index contributed by atoms with van der Waals surface area (Å²) in [5, 5.41) is 5.10. The first-order valence-electron chi connectivity index (χ1n) is 21.4. The lowest BCUT2D eigenvalue weighted by Gasteiger charge is -2.30. The van der Waals surface area contributed by atoms with Gasteiger partial charge in [0.1, 0.15) is 0 Å². The third-order valence-corrected chi connectivity index (χ3v) is 14.2. The molecule has 1 heteroatoms. The van der Waals surface area contributed by atoms with E-state index in [1.807, 2.05) is 0 Å². The minimum absolute atomic E-state index is 0.0943. The molecule has 0 amide bonds. The van der Waals surface area contributed by atoms with Gasteiger partial charge in [0.2, 0.25) is 0 Å². The van der Waals surface area contributed by atoms with Crippen molar-refractivity contribution in [3.8, 4) is 44.5 Å². The Bertz CT molecular complexity index is 3140. The first kappa shape index (κ1) is 34.4. The first-order valence-corrected chi connectivity index (χ1v) is 21.4. The summed E-state index contributed by atoms with van der Waals surface area (Å²) in [5.74, 6) is 0. The van der Waals surface area contributed by atoms with Gasteiger partial charge in [-0.05, 0) is 138 Å². The Labute approximate surface area is 347 Å². The average Bonchev–Trinajstić information content (AvgIpc) is 3.96. The Kier molecular flexibility index (Phi) is 7.51. The van der Waals surface area contributed by atoms with Crippen molar-refractivity contribution in [2.75, 3.05) is 4.90 Å². The first-order chi connectivity index (χ1) is 29.0. The molecule has 1 spiro atoms. The van der Waals surface area contributed by atoms with Gasteiger partial charge in [-0.3, -0.25) is 0 Å². The van der Waals surface area contributed by atoms with Crippen molar-refractivity contribution in [3.63, 3.8) is 0 Å². The van der Waals surface area contributed by atoms with Gasteiger partial charge in [-0.25, -0.2) is 0 Å². The van der Waals surface area contributed by atoms with E-state index in [1.165, 1.54) is 125 Å². The van der Waals surface area contributed by atoms with Gasteiger partial charge in [0.05, 0.1) is 0 Å². The Hall–Kier alpha value is -6.70. The third kappa shape index (κ3) is 5.04. The van der Waals surface area contributed by atoms with Crippen LogP contribution in [0.3, 0.4) is 0 Å². The Morgan fingerprint density at radius 2 is 0.915 bits per heavy atom. The zero-order chi connectivity index (χ0) is 39.3. The minimum atomic E-state index is -0.0968. The SMILES string of the molecule is CC1(C)c2ccccc2-c2cccc(-c3ccccc3-c3ccc(N(c4ccc5c(c4)C4(CCCC4)c4ccccc4-5)c4ccc5c(ccc6ccccc65)c4)cc3)c21. The second-order valence-corrected chi connectivity index (χ2v) is 17.6. The normalized spacial score (nSPS) is 15.3. The molecule has 0 atom stereocenters. The molecule has 0 N–H and O–H groups in total. The Morgan fingerprint density at radius 1 is 0.373 bits per heavy atom. The highest BCUT2D eigenvalue weighted by molar-refractivity contribution is 6.08. The highest BCUT2D eigenvalue weighted by Gasteiger charge is 2.45. The highest BCUT2D eigenvalue weighted by atomic mass is 15.1. The molecule has 0 unspecified atom stereocenters. The molecule has 1 nitrogen and oxygen atoms in total. The summed E-state index contributed by atoms with van der Waals surface area (Å²) in [6.45, 7) is 4.77. The summed E-state index contributed by atoms with van der Waals surface area (Å²) < 4.78 is 0. The van der Waals surface area contributed by atoms with Crippen LogP contribution < -0.4 is 4.90 Å². The quantitative estimate of drug-likeness (QED) is 0.158. The zero-order valence-electron chi connectivity index (χ0n) is 33.7. The van der Waals surface area contributed by atoms with E-state index in [0.29, 0.717) is 0 Å². The average molecular weight is 756 g/mol. The van der Waals surface area contributed by atoms with Crippen molar-refractivity contribution in [2.45, 2.75) is 50.4 Å². The fourth-order valence-electron chi connectivity index (χ4n) is 11.5. The van der Waals surface area contributed by atoms with Crippen molar-refractivity contribution in [1.29, 1.82) is 0 Å². The standard InChI is InChI=1S/C58H45N/c1-57(2)53-22-9-7-19-49(53)52-21-13-20-51(56(52)57)47-17-6-5-16-45(47)39-26-28-41(29-27-39)59(42-30-32-46-40(36-42)25-24-38-14-3-4-15-44(38)46)43-31-33-50-48-18-8-10-23-54(48)58(55(50)37-43)34-11-12-35-58/h3-10,13-33,36-37H,11-12,34-35H2,1-2H3. The van der Waals surface area contributed by atoms with Crippen LogP contribution in [0.4, 0.5) is 17.1 Å². The lowest BCUT2D eigenvalue weighted by Crippen LogP contribution is -2.21. The van der Waals surface area contributed by atoms with Gasteiger partial charge < -0.3 is 4.90 Å². The van der Waals surface area contributed by atoms with E-state index in [9.17, 15) is 0 Å². The van der Waals surface area contributed by atoms with Crippen LogP contribution in [-0.2, 0) is 10.8 Å². The third-order valence-electron chi connectivity index (χ3n) is 14.2. The zero-order valence-corrected chi connectivity index (χ0v) is 33.7. The topological polar surface area (TPSA) is 3.24 Å². The molecule has 1 saturated carbocycles. The van der Waals surface area contributed by atoms with E-state index < -0.39 is 0 Å². The van der Waals surface area contributed by atoms with Crippen LogP contribution in [0.15, 0.2) is 188 Å². The number of hydrogen-bond donors (Lipinski definition) is 0. The molecule has 0 aromatic heterocycles. The second kappa shape index (κ2) is 12.9. The lowest BCUT2D eigenvalue weighted by atomic mass is 9.76. The predicted octanol–water partition coefficient (Wildman–Crippen LogP) is 15.9. The van der Waals surface area contributed by atoms with E-state index in [4.69, 9.17) is 0 Å². The van der Waals surface area contributed by atoms with Crippen LogP contribution in [0.5, 0.6) is 0 Å². The Morgan fingerprint density at radius 3 is 1.71 bits per heavy atom. The summed E-state index contributed by atoms with van der Waals surface area (Å²) in [6, 6.07) is 70.9. The van der Waals surface area contributed by atoms with Crippen LogP contribution in [0.25, 0.3) is 66.1 Å². The molecule has 0 bridgehead atoms. The molecule has 59 heavy (non-hydrogen) atoms. The van der Waals surface area contributed by atoms with E-state index in [0.717, 1.165) is 5.69 Å². The monoisotopic (exact) mass is 755 g/mol. The summed E-state index contributed by atoms with van der Waals surface area (Å²) in [6.07, 6.45) is 4.98. The van der Waals surface area contributed by atoms with Crippen molar-refractivity contribution in [3.05, 3.63) is 210 Å². The molecule has 0 saturated heterocycles. The summed E-state index contributed by atoms with van der Waals surface area (Å²) >= 11 is 0. The number of fused-ring (bicyclic) bond motifs is 11. The highest BCUT2D eigenvalue weighted by Crippen LogP contribution is 2.58. The molecule has 9 aromatic rings. The van der Waals surface area contributed by atoms with Gasteiger partial charge in [0.25, 0.3) is 0 Å². The van der Waals surface area contributed by atoms with Crippen molar-refractivity contribution < 1.29 is 0 Å². The van der Waals surface area contributed by atoms with E-state index >= 15 is 0 Å². The maximum absolute atomic E-state index is 2.53. The predicted molar refractivity (Wildman–Crippen MR) is 249 cm³/mol. The van der Waals surface area contributed by atoms with Gasteiger partial charge in [-0.2, -0.15) is 0 Å². The van der Waals surface area contributed by atoms with E-state index in [1.54, 1.807) is 0 Å². The van der Waals surface area contributed by atoms with Crippen LogP contribution in [0.1, 0.15) is 61.8 Å². The minimum Gasteiger partial charge on any atom is -0.310 e. The van der Waals surface area contributed by atoms with Gasteiger partial charge in [0.15, 0.2) is 0 Å². The van der Waals surface area contributed by atoms with Crippen molar-refractivity contribution >= 4 is 38.6 Å². The van der Waals surface area contributed by atoms with Gasteiger partial charge >= 0.3 is 0 Å². The van der Waals surface area contributed by atoms with Crippen LogP contribution in [-0.4, -0.2) is 0 Å². The maximum Gasteiger partial charge on any atom is 0.0468 e. The van der Waals surface area contributed by atoms with Crippen molar-refractivity contribution in [1.82, 2.24) is 0 Å². The Balaban J connectivity index is 1.00. The van der Waals surface area contributed by atoms with Crippen LogP contribution in [0.2, 0.25) is 0 Å². The van der Waals surface area contributed by atoms with Crippen LogP contribution >= 0.6 is 0 Å². The molecule has 0 heterocycles. The molecule has 3 aliphatic carbocycles. The number of hydrogen-bond acceptors (Lipinski definition) is 1. The number of anilines is 3. The molecule has 3 aliphatic rings. The molecular weight excluding hydrogens is 711 g/mol. The molecule has 12 rings (SSSR count). The fourth-order valence-corrected chi connectivity index (χ4v) is 11.5. The van der Waals surface area contributed by atoms with Gasteiger partial charge in [-0.1, -0.05) is 178 Å². The smallest absolute Gasteiger partial charge is 0.0468 e. The molecule has 0 radical (unpaired) electrons. The largest absolute Gasteiger partial charge is 0.310 e. The molecule has 282 valence electrons. The van der Waals surface area contributed by atoms with Gasteiger partial charge in [-0.15, -0.1) is 0 Å². The van der Waals surface area contributed by atoms with E-state index in [-0.39, 0.29) is 10.8 Å². The lowest BCUT2D eigenvalue weighted by molar-refractivity contribution is 0.550. The maximum atomic E-state index is 2.53.